The molecule has 4 N–H and O–H groups in total. The molecule has 0 aromatic heterocycles. The van der Waals surface area contributed by atoms with Gasteiger partial charge in [-0.1, -0.05) is 0 Å². The number of rotatable bonds is 6. The number of nitrogens with one attached hydrogen (secondary N) is 2. The lowest BCUT2D eigenvalue weighted by Gasteiger charge is -2.59. The van der Waals surface area contributed by atoms with E-state index in [9.17, 15) is 18.0 Å². The topological polar surface area (TPSA) is 137 Å². The van der Waals surface area contributed by atoms with Crippen molar-refractivity contribution in [2.45, 2.75) is 61.4 Å². The van der Waals surface area contributed by atoms with Gasteiger partial charge in [-0.2, -0.15) is 4.72 Å². The molecule has 6 aliphatic rings. The maximum absolute atomic E-state index is 13.3. The molecule has 0 radical (unpaired) electrons. The number of carbonyl (C=O) groups excluding carboxylic acids is 2. The number of fused-ring (bicyclic) bond motifs is 1. The molecule has 1 heterocycles. The second-order valence-electron chi connectivity index (χ2n) is 10.3. The van der Waals surface area contributed by atoms with Crippen LogP contribution in [0.25, 0.3) is 0 Å². The molecule has 1 aromatic carbocycles. The normalized spacial score (nSPS) is 35.5. The van der Waals surface area contributed by atoms with Crippen LogP contribution in [0.4, 0.5) is 0 Å². The number of hydrogen-bond donors (Lipinski definition) is 3. The number of ether oxygens (including phenoxy) is 2. The third-order valence-electron chi connectivity index (χ3n) is 8.26. The fourth-order valence-electron chi connectivity index (χ4n) is 6.71. The predicted molar refractivity (Wildman–Crippen MR) is 112 cm³/mol. The van der Waals surface area contributed by atoms with Crippen LogP contribution in [-0.4, -0.2) is 38.6 Å². The number of hydrogen-bond acceptors (Lipinski definition) is 6. The summed E-state index contributed by atoms with van der Waals surface area (Å²) < 4.78 is 39.2. The Morgan fingerprint density at radius 1 is 1.03 bits per heavy atom. The number of sulfonamides is 1. The van der Waals surface area contributed by atoms with Crippen molar-refractivity contribution in [2.75, 3.05) is 6.79 Å². The third kappa shape index (κ3) is 3.02. The zero-order chi connectivity index (χ0) is 22.3. The first-order valence-electron chi connectivity index (χ1n) is 11.2. The molecule has 1 aromatic rings. The van der Waals surface area contributed by atoms with Crippen LogP contribution in [-0.2, 0) is 19.6 Å². The maximum Gasteiger partial charge on any atom is 0.241 e. The van der Waals surface area contributed by atoms with Crippen LogP contribution < -0.4 is 25.2 Å². The Morgan fingerprint density at radius 2 is 1.72 bits per heavy atom. The van der Waals surface area contributed by atoms with Crippen LogP contribution in [0.1, 0.15) is 44.9 Å². The van der Waals surface area contributed by atoms with E-state index in [1.165, 1.54) is 12.1 Å². The number of primary amides is 1. The van der Waals surface area contributed by atoms with E-state index in [-0.39, 0.29) is 41.4 Å². The Labute approximate surface area is 186 Å². The predicted octanol–water partition coefficient (Wildman–Crippen LogP) is 1.02. The highest BCUT2D eigenvalue weighted by atomic mass is 32.2. The van der Waals surface area contributed by atoms with Crippen LogP contribution in [0.5, 0.6) is 11.5 Å². The fourth-order valence-corrected chi connectivity index (χ4v) is 8.15. The largest absolute Gasteiger partial charge is 0.454 e. The highest BCUT2D eigenvalue weighted by molar-refractivity contribution is 7.89. The summed E-state index contributed by atoms with van der Waals surface area (Å²) in [4.78, 5) is 25.5. The Morgan fingerprint density at radius 3 is 2.38 bits per heavy atom. The van der Waals surface area contributed by atoms with Gasteiger partial charge in [-0.05, 0) is 74.8 Å². The van der Waals surface area contributed by atoms with E-state index in [2.05, 4.69) is 10.0 Å². The quantitative estimate of drug-likeness (QED) is 0.579. The molecule has 9 nitrogen and oxygen atoms in total. The van der Waals surface area contributed by atoms with Gasteiger partial charge in [0.15, 0.2) is 11.5 Å². The van der Waals surface area contributed by atoms with Gasteiger partial charge in [-0.15, -0.1) is 0 Å². The lowest BCUT2D eigenvalue weighted by Crippen LogP contribution is -2.63. The monoisotopic (exact) mass is 461 g/mol. The highest BCUT2D eigenvalue weighted by Crippen LogP contribution is 2.60. The van der Waals surface area contributed by atoms with Crippen molar-refractivity contribution < 1.29 is 27.5 Å². The molecule has 10 heteroatoms. The van der Waals surface area contributed by atoms with Crippen LogP contribution in [0.2, 0.25) is 0 Å². The lowest BCUT2D eigenvalue weighted by molar-refractivity contribution is -0.147. The Balaban J connectivity index is 1.18. The van der Waals surface area contributed by atoms with Crippen LogP contribution in [0.15, 0.2) is 23.1 Å². The molecular weight excluding hydrogens is 434 g/mol. The molecule has 5 fully saturated rings. The average Bonchev–Trinajstić information content (AvgIpc) is 3.35. The molecule has 2 unspecified atom stereocenters. The molecule has 7 rings (SSSR count). The summed E-state index contributed by atoms with van der Waals surface area (Å²) in [6.45, 7) is 0.0558. The van der Waals surface area contributed by atoms with Crippen molar-refractivity contribution in [3.05, 3.63) is 18.2 Å². The first-order valence-corrected chi connectivity index (χ1v) is 12.7. The van der Waals surface area contributed by atoms with Crippen LogP contribution in [0, 0.1) is 23.2 Å². The van der Waals surface area contributed by atoms with Gasteiger partial charge >= 0.3 is 0 Å². The smallest absolute Gasteiger partial charge is 0.241 e. The number of nitrogens with two attached hydrogens (primary N) is 1. The third-order valence-corrected chi connectivity index (χ3v) is 9.80. The first kappa shape index (κ1) is 20.3. The van der Waals surface area contributed by atoms with E-state index in [1.54, 1.807) is 6.07 Å². The zero-order valence-electron chi connectivity index (χ0n) is 17.6. The summed E-state index contributed by atoms with van der Waals surface area (Å²) in [7, 11) is -3.91. The molecule has 32 heavy (non-hydrogen) atoms. The van der Waals surface area contributed by atoms with Gasteiger partial charge in [0, 0.05) is 17.5 Å². The standard InChI is InChI=1S/C22H27N3O6S/c23-19(26)21-8-12-5-13(9-21)18(14(6-12)10-21)24-20(27)22(3-4-22)25-32(28,29)15-1-2-16-17(7-15)31-11-30-16/h1-2,7,12-14,18,25H,3-6,8-11H2,(H2,23,26)(H,24,27). The maximum atomic E-state index is 13.3. The summed E-state index contributed by atoms with van der Waals surface area (Å²) in [5.74, 6) is 1.33. The molecule has 5 aliphatic carbocycles. The van der Waals surface area contributed by atoms with Gasteiger partial charge in [0.1, 0.15) is 5.54 Å². The summed E-state index contributed by atoms with van der Waals surface area (Å²) in [6, 6.07) is 4.39. The Hall–Kier alpha value is -2.33. The second-order valence-corrected chi connectivity index (χ2v) is 12.0. The highest BCUT2D eigenvalue weighted by Gasteiger charge is 2.60. The van der Waals surface area contributed by atoms with Gasteiger partial charge in [0.25, 0.3) is 0 Å². The average molecular weight is 462 g/mol. The molecule has 4 bridgehead atoms. The van der Waals surface area contributed by atoms with Crippen molar-refractivity contribution in [3.63, 3.8) is 0 Å². The van der Waals surface area contributed by atoms with Crippen molar-refractivity contribution in [1.82, 2.24) is 10.0 Å². The van der Waals surface area contributed by atoms with E-state index < -0.39 is 21.0 Å². The summed E-state index contributed by atoms with van der Waals surface area (Å²) >= 11 is 0. The summed E-state index contributed by atoms with van der Waals surface area (Å²) in [6.07, 6.45) is 5.21. The minimum Gasteiger partial charge on any atom is -0.454 e. The summed E-state index contributed by atoms with van der Waals surface area (Å²) in [5.41, 5.74) is 4.22. The zero-order valence-corrected chi connectivity index (χ0v) is 18.4. The molecule has 172 valence electrons. The first-order chi connectivity index (χ1) is 15.2. The van der Waals surface area contributed by atoms with Crippen molar-refractivity contribution >= 4 is 21.8 Å². The Kier molecular flexibility index (Phi) is 4.18. The summed E-state index contributed by atoms with van der Waals surface area (Å²) in [5, 5.41) is 3.17. The molecule has 2 atom stereocenters. The van der Waals surface area contributed by atoms with Crippen molar-refractivity contribution in [1.29, 1.82) is 0 Å². The van der Waals surface area contributed by atoms with E-state index in [0.29, 0.717) is 30.3 Å². The van der Waals surface area contributed by atoms with E-state index >= 15 is 0 Å². The molecular formula is C22H27N3O6S. The molecule has 1 aliphatic heterocycles. The van der Waals surface area contributed by atoms with Crippen molar-refractivity contribution in [2.24, 2.45) is 28.9 Å². The number of amides is 2. The van der Waals surface area contributed by atoms with Gasteiger partial charge in [0.05, 0.1) is 4.90 Å². The van der Waals surface area contributed by atoms with Crippen LogP contribution in [0.3, 0.4) is 0 Å². The Bertz CT molecular complexity index is 1100. The van der Waals surface area contributed by atoms with Gasteiger partial charge in [-0.3, -0.25) is 9.59 Å². The molecule has 5 saturated carbocycles. The molecule has 0 spiro atoms. The van der Waals surface area contributed by atoms with E-state index in [0.717, 1.165) is 32.1 Å². The van der Waals surface area contributed by atoms with Crippen LogP contribution >= 0.6 is 0 Å². The second kappa shape index (κ2) is 6.60. The minimum atomic E-state index is -3.91. The van der Waals surface area contributed by atoms with E-state index in [1.807, 2.05) is 0 Å². The van der Waals surface area contributed by atoms with Gasteiger partial charge < -0.3 is 20.5 Å². The van der Waals surface area contributed by atoms with Crippen molar-refractivity contribution in [3.8, 4) is 11.5 Å². The SMILES string of the molecule is NC(=O)C12CC3CC(C1)C(NC(=O)C1(NS(=O)(=O)c4ccc5c(c4)OCO5)CC1)C(C3)C2. The lowest BCUT2D eigenvalue weighted by atomic mass is 9.47. The van der Waals surface area contributed by atoms with Gasteiger partial charge in [0.2, 0.25) is 28.6 Å². The number of benzene rings is 1. The molecule has 0 saturated heterocycles. The minimum absolute atomic E-state index is 0.0287. The molecule has 2 amide bonds. The number of carbonyl (C=O) groups is 2. The fraction of sp³-hybridized carbons (Fsp3) is 0.636. The van der Waals surface area contributed by atoms with E-state index in [4.69, 9.17) is 15.2 Å². The van der Waals surface area contributed by atoms with Gasteiger partial charge in [-0.25, -0.2) is 8.42 Å².